The van der Waals surface area contributed by atoms with Crippen molar-refractivity contribution in [2.75, 3.05) is 26.2 Å². The van der Waals surface area contributed by atoms with Crippen LogP contribution in [0.15, 0.2) is 0 Å². The third-order valence-electron chi connectivity index (χ3n) is 3.70. The van der Waals surface area contributed by atoms with Crippen LogP contribution in [0.3, 0.4) is 0 Å². The lowest BCUT2D eigenvalue weighted by Gasteiger charge is -2.12. The number of thiazole rings is 1. The van der Waals surface area contributed by atoms with Gasteiger partial charge in [-0.3, -0.25) is 4.79 Å². The minimum absolute atomic E-state index is 0.0425. The lowest BCUT2D eigenvalue weighted by molar-refractivity contribution is 0.0956. The minimum Gasteiger partial charge on any atom is -0.351 e. The first-order chi connectivity index (χ1) is 9.70. The second-order valence-electron chi connectivity index (χ2n) is 5.43. The number of likely N-dealkylation sites (tertiary alicyclic amines) is 1. The van der Waals surface area contributed by atoms with Crippen LogP contribution < -0.4 is 5.32 Å². The summed E-state index contributed by atoms with van der Waals surface area (Å²) < 4.78 is 0. The molecule has 0 unspecified atom stereocenters. The fraction of sp³-hybridized carbons (Fsp3) is 0.733. The quantitative estimate of drug-likeness (QED) is 0.787. The Labute approximate surface area is 125 Å². The van der Waals surface area contributed by atoms with Gasteiger partial charge in [-0.15, -0.1) is 11.3 Å². The maximum atomic E-state index is 12.1. The molecule has 1 aliphatic heterocycles. The van der Waals surface area contributed by atoms with E-state index in [0.29, 0.717) is 0 Å². The van der Waals surface area contributed by atoms with Crippen LogP contribution in [0.1, 0.15) is 53.0 Å². The van der Waals surface area contributed by atoms with Gasteiger partial charge in [-0.2, -0.15) is 0 Å². The van der Waals surface area contributed by atoms with Crippen LogP contribution >= 0.6 is 11.3 Å². The minimum atomic E-state index is 0.0425. The molecule has 2 heterocycles. The smallest absolute Gasteiger partial charge is 0.263 e. The molecule has 1 fully saturated rings. The Kier molecular flexibility index (Phi) is 5.98. The normalized spacial score (nSPS) is 15.7. The van der Waals surface area contributed by atoms with Gasteiger partial charge in [-0.1, -0.05) is 13.3 Å². The zero-order valence-corrected chi connectivity index (χ0v) is 13.4. The van der Waals surface area contributed by atoms with Crippen LogP contribution in [0.25, 0.3) is 0 Å². The molecule has 0 bridgehead atoms. The van der Waals surface area contributed by atoms with E-state index in [1.165, 1.54) is 25.9 Å². The van der Waals surface area contributed by atoms with E-state index in [1.54, 1.807) is 11.3 Å². The highest BCUT2D eigenvalue weighted by Gasteiger charge is 2.16. The first-order valence-corrected chi connectivity index (χ1v) is 8.49. The molecule has 0 aromatic carbocycles. The number of aryl methyl sites for hydroxylation is 1. The van der Waals surface area contributed by atoms with Crippen LogP contribution in [-0.4, -0.2) is 42.0 Å². The maximum Gasteiger partial charge on any atom is 0.263 e. The first kappa shape index (κ1) is 15.4. The number of amides is 1. The summed E-state index contributed by atoms with van der Waals surface area (Å²) in [7, 11) is 0. The van der Waals surface area contributed by atoms with Gasteiger partial charge < -0.3 is 10.2 Å². The molecule has 4 nitrogen and oxygen atoms in total. The van der Waals surface area contributed by atoms with Gasteiger partial charge in [0.05, 0.1) is 10.7 Å². The molecular weight excluding hydrogens is 270 g/mol. The average Bonchev–Trinajstić information content (AvgIpc) is 3.06. The SMILES string of the molecule is CCCCNC(=O)c1sc(CCN2CCCC2)nc1C. The number of carbonyl (C=O) groups is 1. The molecule has 20 heavy (non-hydrogen) atoms. The van der Waals surface area contributed by atoms with Crippen molar-refractivity contribution in [2.45, 2.75) is 46.0 Å². The van der Waals surface area contributed by atoms with E-state index in [4.69, 9.17) is 0 Å². The topological polar surface area (TPSA) is 45.2 Å². The van der Waals surface area contributed by atoms with Crippen molar-refractivity contribution in [1.29, 1.82) is 0 Å². The molecule has 0 radical (unpaired) electrons. The van der Waals surface area contributed by atoms with Crippen molar-refractivity contribution in [3.63, 3.8) is 0 Å². The van der Waals surface area contributed by atoms with E-state index in [2.05, 4.69) is 22.1 Å². The van der Waals surface area contributed by atoms with E-state index in [9.17, 15) is 4.79 Å². The third kappa shape index (κ3) is 4.28. The predicted octanol–water partition coefficient (Wildman–Crippen LogP) is 2.62. The zero-order valence-electron chi connectivity index (χ0n) is 12.6. The predicted molar refractivity (Wildman–Crippen MR) is 83.5 cm³/mol. The largest absolute Gasteiger partial charge is 0.351 e. The summed E-state index contributed by atoms with van der Waals surface area (Å²) in [5.74, 6) is 0.0425. The zero-order chi connectivity index (χ0) is 14.4. The summed E-state index contributed by atoms with van der Waals surface area (Å²) in [5, 5.41) is 4.06. The lowest BCUT2D eigenvalue weighted by Crippen LogP contribution is -2.24. The van der Waals surface area contributed by atoms with Gasteiger partial charge in [0.2, 0.25) is 0 Å². The molecule has 0 aliphatic carbocycles. The number of nitrogens with one attached hydrogen (secondary N) is 1. The van der Waals surface area contributed by atoms with Crippen molar-refractivity contribution in [3.8, 4) is 0 Å². The highest BCUT2D eigenvalue weighted by atomic mass is 32.1. The molecule has 1 aromatic heterocycles. The fourth-order valence-corrected chi connectivity index (χ4v) is 3.46. The Bertz CT molecular complexity index is 438. The van der Waals surface area contributed by atoms with Crippen LogP contribution in [0.4, 0.5) is 0 Å². The van der Waals surface area contributed by atoms with Gasteiger partial charge in [0.1, 0.15) is 4.88 Å². The monoisotopic (exact) mass is 295 g/mol. The van der Waals surface area contributed by atoms with E-state index in [0.717, 1.165) is 47.9 Å². The van der Waals surface area contributed by atoms with Crippen LogP contribution in [0, 0.1) is 6.92 Å². The molecule has 1 amide bonds. The lowest BCUT2D eigenvalue weighted by atomic mass is 10.3. The number of hydrogen-bond acceptors (Lipinski definition) is 4. The Balaban J connectivity index is 1.85. The summed E-state index contributed by atoms with van der Waals surface area (Å²) in [6, 6.07) is 0. The Hall–Kier alpha value is -0.940. The molecule has 1 N–H and O–H groups in total. The van der Waals surface area contributed by atoms with Gasteiger partial charge in [0.25, 0.3) is 5.91 Å². The highest BCUT2D eigenvalue weighted by Crippen LogP contribution is 2.19. The molecule has 0 atom stereocenters. The van der Waals surface area contributed by atoms with Gasteiger partial charge >= 0.3 is 0 Å². The van der Waals surface area contributed by atoms with Gasteiger partial charge in [-0.25, -0.2) is 4.98 Å². The second kappa shape index (κ2) is 7.74. The summed E-state index contributed by atoms with van der Waals surface area (Å²) in [5.41, 5.74) is 0.875. The van der Waals surface area contributed by atoms with E-state index >= 15 is 0 Å². The van der Waals surface area contributed by atoms with E-state index in [-0.39, 0.29) is 5.91 Å². The highest BCUT2D eigenvalue weighted by molar-refractivity contribution is 7.13. The van der Waals surface area contributed by atoms with Crippen molar-refractivity contribution < 1.29 is 4.79 Å². The summed E-state index contributed by atoms with van der Waals surface area (Å²) >= 11 is 1.56. The second-order valence-corrected chi connectivity index (χ2v) is 6.51. The van der Waals surface area contributed by atoms with E-state index in [1.807, 2.05) is 6.92 Å². The number of hydrogen-bond donors (Lipinski definition) is 1. The third-order valence-corrected chi connectivity index (χ3v) is 4.92. The molecule has 1 aromatic rings. The Morgan fingerprint density at radius 2 is 2.15 bits per heavy atom. The summed E-state index contributed by atoms with van der Waals surface area (Å²) in [4.78, 5) is 19.9. The van der Waals surface area contributed by atoms with Crippen LogP contribution in [-0.2, 0) is 6.42 Å². The van der Waals surface area contributed by atoms with Gasteiger partial charge in [0.15, 0.2) is 0 Å². The Morgan fingerprint density at radius 3 is 2.85 bits per heavy atom. The Morgan fingerprint density at radius 1 is 1.40 bits per heavy atom. The van der Waals surface area contributed by atoms with Gasteiger partial charge in [-0.05, 0) is 39.3 Å². The molecule has 2 rings (SSSR count). The van der Waals surface area contributed by atoms with Crippen molar-refractivity contribution in [3.05, 3.63) is 15.6 Å². The number of unbranched alkanes of at least 4 members (excludes halogenated alkanes) is 1. The van der Waals surface area contributed by atoms with Crippen molar-refractivity contribution in [2.24, 2.45) is 0 Å². The molecule has 1 saturated heterocycles. The summed E-state index contributed by atoms with van der Waals surface area (Å²) in [6.07, 6.45) is 5.74. The molecule has 0 spiro atoms. The molecular formula is C15H25N3OS. The molecule has 112 valence electrons. The molecule has 5 heteroatoms. The standard InChI is InChI=1S/C15H25N3OS/c1-3-4-8-16-15(19)14-12(2)17-13(20-14)7-11-18-9-5-6-10-18/h3-11H2,1-2H3,(H,16,19). The fourth-order valence-electron chi connectivity index (χ4n) is 2.49. The summed E-state index contributed by atoms with van der Waals surface area (Å²) in [6.45, 7) is 8.33. The number of aromatic nitrogens is 1. The number of nitrogens with zero attached hydrogens (tertiary/aromatic N) is 2. The average molecular weight is 295 g/mol. The van der Waals surface area contributed by atoms with Crippen molar-refractivity contribution in [1.82, 2.24) is 15.2 Å². The van der Waals surface area contributed by atoms with Crippen LogP contribution in [0.5, 0.6) is 0 Å². The van der Waals surface area contributed by atoms with Gasteiger partial charge in [0, 0.05) is 19.5 Å². The maximum absolute atomic E-state index is 12.1. The van der Waals surface area contributed by atoms with E-state index < -0.39 is 0 Å². The van der Waals surface area contributed by atoms with Crippen LogP contribution in [0.2, 0.25) is 0 Å². The molecule has 0 saturated carbocycles. The number of rotatable bonds is 7. The number of carbonyl (C=O) groups excluding carboxylic acids is 1. The molecule has 1 aliphatic rings. The van der Waals surface area contributed by atoms with Crippen molar-refractivity contribution >= 4 is 17.2 Å². The first-order valence-electron chi connectivity index (χ1n) is 7.67.